The van der Waals surface area contributed by atoms with E-state index in [4.69, 9.17) is 0 Å². The van der Waals surface area contributed by atoms with Crippen molar-refractivity contribution < 1.29 is 9.59 Å². The normalized spacial score (nSPS) is 33.7. The van der Waals surface area contributed by atoms with Crippen molar-refractivity contribution in [1.29, 1.82) is 0 Å². The fraction of sp³-hybridized carbons (Fsp3) is 0.562. The smallest absolute Gasteiger partial charge is 0.156 e. The van der Waals surface area contributed by atoms with Gasteiger partial charge in [0.1, 0.15) is 0 Å². The standard InChI is InChI=1S/C32H39NO2/c1-6-17-32(29(35)7-2)18-16-28-26-14-10-22-19-24(34)13-15-25(22)30(26)27(20-31(28,32)3)21-8-11-23(12-9-21)33(4)5/h8-9,11-12,19,26-28H,7,10,13-16,18,20H2,1-5H3/t26-,27+,28-,31-,32+/m0/s1. The Bertz CT molecular complexity index is 1170. The van der Waals surface area contributed by atoms with Gasteiger partial charge in [0.15, 0.2) is 11.6 Å². The third-order valence-corrected chi connectivity index (χ3v) is 9.88. The lowest BCUT2D eigenvalue weighted by molar-refractivity contribution is -0.132. The summed E-state index contributed by atoms with van der Waals surface area (Å²) in [5.41, 5.74) is 6.18. The highest BCUT2D eigenvalue weighted by Crippen LogP contribution is 2.69. The molecule has 35 heavy (non-hydrogen) atoms. The summed E-state index contributed by atoms with van der Waals surface area (Å²) in [7, 11) is 4.15. The van der Waals surface area contributed by atoms with Gasteiger partial charge >= 0.3 is 0 Å². The number of hydrogen-bond donors (Lipinski definition) is 0. The van der Waals surface area contributed by atoms with Crippen LogP contribution in [0.4, 0.5) is 5.69 Å². The molecule has 0 amide bonds. The van der Waals surface area contributed by atoms with Crippen molar-refractivity contribution in [3.63, 3.8) is 0 Å². The van der Waals surface area contributed by atoms with Crippen molar-refractivity contribution in [3.05, 3.63) is 52.6 Å². The Labute approximate surface area is 211 Å². The van der Waals surface area contributed by atoms with Crippen molar-refractivity contribution >= 4 is 17.3 Å². The van der Waals surface area contributed by atoms with Crippen molar-refractivity contribution in [2.24, 2.45) is 22.7 Å². The van der Waals surface area contributed by atoms with Gasteiger partial charge in [-0.2, -0.15) is 0 Å². The second-order valence-corrected chi connectivity index (χ2v) is 11.6. The van der Waals surface area contributed by atoms with Crippen LogP contribution >= 0.6 is 0 Å². The maximum Gasteiger partial charge on any atom is 0.156 e. The molecule has 0 aliphatic heterocycles. The fourth-order valence-corrected chi connectivity index (χ4v) is 8.24. The molecule has 2 saturated carbocycles. The summed E-state index contributed by atoms with van der Waals surface area (Å²) in [6, 6.07) is 9.03. The zero-order valence-corrected chi connectivity index (χ0v) is 22.0. The summed E-state index contributed by atoms with van der Waals surface area (Å²) < 4.78 is 0. The van der Waals surface area contributed by atoms with Gasteiger partial charge in [-0.25, -0.2) is 0 Å². The van der Waals surface area contributed by atoms with E-state index in [0.29, 0.717) is 30.5 Å². The van der Waals surface area contributed by atoms with Gasteiger partial charge in [0.05, 0.1) is 5.41 Å². The van der Waals surface area contributed by atoms with Gasteiger partial charge in [0, 0.05) is 38.5 Å². The molecule has 184 valence electrons. The van der Waals surface area contributed by atoms with Gasteiger partial charge in [0.25, 0.3) is 0 Å². The van der Waals surface area contributed by atoms with E-state index < -0.39 is 5.41 Å². The number of carbonyl (C=O) groups excluding carboxylic acids is 2. The molecule has 0 spiro atoms. The first-order chi connectivity index (χ1) is 16.8. The van der Waals surface area contributed by atoms with Crippen molar-refractivity contribution in [2.45, 2.75) is 78.1 Å². The van der Waals surface area contributed by atoms with Crippen LogP contribution in [0.1, 0.15) is 83.6 Å². The first-order valence-corrected chi connectivity index (χ1v) is 13.5. The zero-order valence-electron chi connectivity index (χ0n) is 22.0. The SMILES string of the molecule is CC#C[C@]1(C(=O)CC)CC[C@H]2[C@@H]3CCC4=CC(=O)CCC4=C3[C@@H](c3ccc(N(C)C)cc3)C[C@@]21C. The van der Waals surface area contributed by atoms with E-state index in [0.717, 1.165) is 38.5 Å². The van der Waals surface area contributed by atoms with Crippen LogP contribution in [0.5, 0.6) is 0 Å². The average Bonchev–Trinajstić information content (AvgIpc) is 3.15. The molecular formula is C32H39NO2. The Kier molecular flexibility index (Phi) is 6.07. The molecule has 0 saturated heterocycles. The largest absolute Gasteiger partial charge is 0.378 e. The molecule has 0 bridgehead atoms. The Hall–Kier alpha value is -2.60. The quantitative estimate of drug-likeness (QED) is 0.464. The highest BCUT2D eigenvalue weighted by Gasteiger charge is 2.65. The van der Waals surface area contributed by atoms with E-state index in [9.17, 15) is 9.59 Å². The molecule has 1 aromatic carbocycles. The summed E-state index contributed by atoms with van der Waals surface area (Å²) in [6.07, 6.45) is 8.97. The first-order valence-electron chi connectivity index (χ1n) is 13.5. The minimum Gasteiger partial charge on any atom is -0.378 e. The molecule has 4 aliphatic carbocycles. The summed E-state index contributed by atoms with van der Waals surface area (Å²) in [6.45, 7) is 6.29. The number of fused-ring (bicyclic) bond motifs is 4. The van der Waals surface area contributed by atoms with Gasteiger partial charge in [-0.05, 0) is 97.6 Å². The van der Waals surface area contributed by atoms with Crippen LogP contribution in [0.25, 0.3) is 0 Å². The van der Waals surface area contributed by atoms with Crippen molar-refractivity contribution in [2.75, 3.05) is 19.0 Å². The lowest BCUT2D eigenvalue weighted by atomic mass is 9.48. The lowest BCUT2D eigenvalue weighted by Gasteiger charge is -2.54. The van der Waals surface area contributed by atoms with E-state index in [1.807, 2.05) is 19.9 Å². The number of hydrogen-bond acceptors (Lipinski definition) is 3. The molecule has 3 nitrogen and oxygen atoms in total. The van der Waals surface area contributed by atoms with E-state index in [-0.39, 0.29) is 17.1 Å². The van der Waals surface area contributed by atoms with Gasteiger partial charge in [-0.1, -0.05) is 37.5 Å². The number of rotatable bonds is 4. The first kappa shape index (κ1) is 24.1. The van der Waals surface area contributed by atoms with Gasteiger partial charge in [0.2, 0.25) is 0 Å². The third-order valence-electron chi connectivity index (χ3n) is 9.88. The Balaban J connectivity index is 1.70. The summed E-state index contributed by atoms with van der Waals surface area (Å²) in [4.78, 5) is 28.0. The molecule has 4 aliphatic rings. The van der Waals surface area contributed by atoms with Crippen molar-refractivity contribution in [1.82, 2.24) is 0 Å². The molecule has 3 heteroatoms. The summed E-state index contributed by atoms with van der Waals surface area (Å²) in [5, 5.41) is 0. The van der Waals surface area contributed by atoms with E-state index in [2.05, 4.69) is 62.0 Å². The molecule has 0 heterocycles. The van der Waals surface area contributed by atoms with Crippen LogP contribution < -0.4 is 4.90 Å². The van der Waals surface area contributed by atoms with E-state index >= 15 is 0 Å². The molecule has 0 radical (unpaired) electrons. The topological polar surface area (TPSA) is 37.4 Å². The lowest BCUT2D eigenvalue weighted by Crippen LogP contribution is -2.50. The van der Waals surface area contributed by atoms with E-state index in [1.54, 1.807) is 5.57 Å². The maximum absolute atomic E-state index is 13.6. The maximum atomic E-state index is 13.6. The minimum absolute atomic E-state index is 0.144. The number of allylic oxidation sites excluding steroid dienone is 4. The average molecular weight is 470 g/mol. The molecule has 0 aromatic heterocycles. The van der Waals surface area contributed by atoms with Crippen LogP contribution in [0.2, 0.25) is 0 Å². The zero-order chi connectivity index (χ0) is 25.0. The van der Waals surface area contributed by atoms with Gasteiger partial charge in [-0.3, -0.25) is 9.59 Å². The Morgan fingerprint density at radius 1 is 1.11 bits per heavy atom. The number of benzene rings is 1. The monoisotopic (exact) mass is 469 g/mol. The summed E-state index contributed by atoms with van der Waals surface area (Å²) >= 11 is 0. The number of carbonyl (C=O) groups is 2. The minimum atomic E-state index is -0.544. The predicted molar refractivity (Wildman–Crippen MR) is 142 cm³/mol. The second kappa shape index (κ2) is 8.81. The molecule has 0 N–H and O–H groups in total. The molecule has 5 atom stereocenters. The van der Waals surface area contributed by atoms with Crippen LogP contribution in [-0.4, -0.2) is 25.7 Å². The van der Waals surface area contributed by atoms with Gasteiger partial charge < -0.3 is 4.90 Å². The van der Waals surface area contributed by atoms with Crippen LogP contribution in [-0.2, 0) is 9.59 Å². The van der Waals surface area contributed by atoms with Gasteiger partial charge in [-0.15, -0.1) is 5.92 Å². The third kappa shape index (κ3) is 3.55. The fourth-order valence-electron chi connectivity index (χ4n) is 8.24. The van der Waals surface area contributed by atoms with Crippen LogP contribution in [0.3, 0.4) is 0 Å². The van der Waals surface area contributed by atoms with Crippen LogP contribution in [0, 0.1) is 34.5 Å². The molecule has 2 fully saturated rings. The molecule has 5 rings (SSSR count). The van der Waals surface area contributed by atoms with E-state index in [1.165, 1.54) is 22.4 Å². The predicted octanol–water partition coefficient (Wildman–Crippen LogP) is 6.64. The molecule has 1 aromatic rings. The Morgan fingerprint density at radius 3 is 2.51 bits per heavy atom. The number of anilines is 1. The molecule has 0 unspecified atom stereocenters. The van der Waals surface area contributed by atoms with Crippen molar-refractivity contribution in [3.8, 4) is 11.8 Å². The highest BCUT2D eigenvalue weighted by molar-refractivity contribution is 5.93. The molecular weight excluding hydrogens is 430 g/mol. The Morgan fingerprint density at radius 2 is 1.86 bits per heavy atom. The number of ketones is 2. The summed E-state index contributed by atoms with van der Waals surface area (Å²) in [5.74, 6) is 8.53. The second-order valence-electron chi connectivity index (χ2n) is 11.6. The highest BCUT2D eigenvalue weighted by atomic mass is 16.1. The van der Waals surface area contributed by atoms with Crippen LogP contribution in [0.15, 0.2) is 47.1 Å². The number of nitrogens with zero attached hydrogens (tertiary/aromatic N) is 1. The number of Topliss-reactive ketones (excluding diaryl/α,β-unsaturated/α-hetero) is 1.